The Labute approximate surface area is 237 Å². The van der Waals surface area contributed by atoms with Gasteiger partial charge in [0.25, 0.3) is 0 Å². The Bertz CT molecular complexity index is 2280. The van der Waals surface area contributed by atoms with Crippen LogP contribution < -0.4 is 0 Å². The highest BCUT2D eigenvalue weighted by Crippen LogP contribution is 2.63. The molecule has 0 aliphatic heterocycles. The van der Waals surface area contributed by atoms with Crippen LogP contribution in [0.3, 0.4) is 0 Å². The number of rotatable bonds is 2. The fourth-order valence-electron chi connectivity index (χ4n) is 7.29. The summed E-state index contributed by atoms with van der Waals surface area (Å²) in [5.74, 6) is 0. The van der Waals surface area contributed by atoms with Crippen LogP contribution >= 0.6 is 0 Å². The third-order valence-corrected chi connectivity index (χ3v) is 10.7. The molecule has 0 N–H and O–H groups in total. The lowest BCUT2D eigenvalue weighted by atomic mass is 9.70. The smallest absolute Gasteiger partial charge is 0.206 e. The van der Waals surface area contributed by atoms with Gasteiger partial charge in [-0.1, -0.05) is 103 Å². The van der Waals surface area contributed by atoms with E-state index in [0.717, 1.165) is 27.5 Å². The molecule has 194 valence electrons. The normalized spacial score (nSPS) is 14.2. The average molecular weight is 547 g/mol. The molecule has 9 rings (SSSR count). The van der Waals surface area contributed by atoms with E-state index in [1.165, 1.54) is 33.4 Å². The molecule has 0 amide bonds. The van der Waals surface area contributed by atoms with Crippen molar-refractivity contribution in [2.45, 2.75) is 15.2 Å². The Morgan fingerprint density at radius 3 is 1.76 bits per heavy atom. The van der Waals surface area contributed by atoms with Crippen LogP contribution in [0.2, 0.25) is 0 Å². The molecule has 0 unspecified atom stereocenters. The number of hydrogen-bond donors (Lipinski definition) is 0. The van der Waals surface area contributed by atoms with Crippen molar-refractivity contribution < 1.29 is 12.8 Å². The first-order valence-electron chi connectivity index (χ1n) is 13.7. The van der Waals surface area contributed by atoms with E-state index in [-0.39, 0.29) is 9.79 Å². The second-order valence-electron chi connectivity index (χ2n) is 10.8. The molecule has 0 radical (unpaired) electrons. The minimum absolute atomic E-state index is 0.259. The quantitative estimate of drug-likeness (QED) is 0.218. The molecule has 2 aliphatic carbocycles. The minimum atomic E-state index is -3.66. The van der Waals surface area contributed by atoms with Crippen molar-refractivity contribution >= 4 is 31.8 Å². The Kier molecular flexibility index (Phi) is 4.37. The van der Waals surface area contributed by atoms with E-state index in [4.69, 9.17) is 4.42 Å². The second-order valence-corrected chi connectivity index (χ2v) is 12.8. The Morgan fingerprint density at radius 1 is 0.488 bits per heavy atom. The highest BCUT2D eigenvalue weighted by molar-refractivity contribution is 7.91. The lowest BCUT2D eigenvalue weighted by molar-refractivity contribution is 0.596. The first-order valence-corrected chi connectivity index (χ1v) is 15.2. The highest BCUT2D eigenvalue weighted by atomic mass is 32.2. The Hall–Kier alpha value is -4.93. The summed E-state index contributed by atoms with van der Waals surface area (Å²) in [7, 11) is -3.66. The van der Waals surface area contributed by atoms with Gasteiger partial charge in [0.2, 0.25) is 9.84 Å². The number of benzene rings is 6. The van der Waals surface area contributed by atoms with Crippen molar-refractivity contribution in [3.05, 3.63) is 156 Å². The van der Waals surface area contributed by atoms with Crippen molar-refractivity contribution in [3.63, 3.8) is 0 Å². The van der Waals surface area contributed by atoms with Gasteiger partial charge in [-0.15, -0.1) is 0 Å². The molecule has 41 heavy (non-hydrogen) atoms. The molecule has 0 atom stereocenters. The summed E-state index contributed by atoms with van der Waals surface area (Å²) < 4.78 is 33.5. The zero-order chi connectivity index (χ0) is 27.3. The summed E-state index contributed by atoms with van der Waals surface area (Å²) >= 11 is 0. The van der Waals surface area contributed by atoms with Gasteiger partial charge in [0.1, 0.15) is 11.2 Å². The lowest BCUT2D eigenvalue weighted by Crippen LogP contribution is -2.25. The highest BCUT2D eigenvalue weighted by Gasteiger charge is 2.52. The summed E-state index contributed by atoms with van der Waals surface area (Å²) in [5, 5.41) is 1.71. The molecule has 6 aromatic carbocycles. The largest absolute Gasteiger partial charge is 0.455 e. The van der Waals surface area contributed by atoms with E-state index in [9.17, 15) is 8.42 Å². The number of furan rings is 1. The molecular formula is C37H22O3S. The summed E-state index contributed by atoms with van der Waals surface area (Å²) in [4.78, 5) is 0.539. The van der Waals surface area contributed by atoms with Gasteiger partial charge in [-0.25, -0.2) is 8.42 Å². The zero-order valence-corrected chi connectivity index (χ0v) is 22.7. The summed E-state index contributed by atoms with van der Waals surface area (Å²) in [5.41, 5.74) is 10.7. The molecule has 1 spiro atoms. The maximum Gasteiger partial charge on any atom is 0.206 e. The third-order valence-electron chi connectivity index (χ3n) is 8.93. The van der Waals surface area contributed by atoms with Gasteiger partial charge in [0.15, 0.2) is 0 Å². The summed E-state index contributed by atoms with van der Waals surface area (Å²) in [6, 6.07) is 44.1. The SMILES string of the molecule is O=S(=O)(c1ccccc1)c1ccc2oc3c4c(ccc3c2c1)C1(c2ccccc2-c2ccccc21)c1ccccc1-4. The van der Waals surface area contributed by atoms with Gasteiger partial charge < -0.3 is 4.42 Å². The van der Waals surface area contributed by atoms with Crippen molar-refractivity contribution in [3.8, 4) is 22.3 Å². The lowest BCUT2D eigenvalue weighted by Gasteiger charge is -2.30. The summed E-state index contributed by atoms with van der Waals surface area (Å²) in [6.45, 7) is 0. The van der Waals surface area contributed by atoms with Crippen LogP contribution in [-0.4, -0.2) is 8.42 Å². The average Bonchev–Trinajstić information content (AvgIpc) is 3.65. The summed E-state index contributed by atoms with van der Waals surface area (Å²) in [6.07, 6.45) is 0. The molecule has 0 fully saturated rings. The molecule has 3 nitrogen and oxygen atoms in total. The topological polar surface area (TPSA) is 47.3 Å². The second kappa shape index (κ2) is 7.84. The van der Waals surface area contributed by atoms with Gasteiger partial charge in [0.05, 0.1) is 15.2 Å². The fraction of sp³-hybridized carbons (Fsp3) is 0.0270. The zero-order valence-electron chi connectivity index (χ0n) is 21.8. The molecule has 1 heterocycles. The van der Waals surface area contributed by atoms with Gasteiger partial charge in [-0.3, -0.25) is 0 Å². The van der Waals surface area contributed by atoms with E-state index < -0.39 is 15.3 Å². The number of hydrogen-bond acceptors (Lipinski definition) is 3. The fourth-order valence-corrected chi connectivity index (χ4v) is 8.60. The van der Waals surface area contributed by atoms with E-state index in [2.05, 4.69) is 84.9 Å². The minimum Gasteiger partial charge on any atom is -0.455 e. The number of fused-ring (bicyclic) bond motifs is 14. The maximum atomic E-state index is 13.5. The van der Waals surface area contributed by atoms with E-state index in [1.54, 1.807) is 42.5 Å². The maximum absolute atomic E-state index is 13.5. The molecule has 2 aliphatic rings. The van der Waals surface area contributed by atoms with Gasteiger partial charge >= 0.3 is 0 Å². The van der Waals surface area contributed by atoms with Crippen LogP contribution in [0.15, 0.2) is 148 Å². The van der Waals surface area contributed by atoms with E-state index in [0.29, 0.717) is 5.58 Å². The van der Waals surface area contributed by atoms with Crippen molar-refractivity contribution in [1.29, 1.82) is 0 Å². The first kappa shape index (κ1) is 22.8. The monoisotopic (exact) mass is 546 g/mol. The van der Waals surface area contributed by atoms with Crippen LogP contribution in [-0.2, 0) is 15.3 Å². The third kappa shape index (κ3) is 2.75. The first-order chi connectivity index (χ1) is 20.1. The molecular weight excluding hydrogens is 524 g/mol. The standard InChI is InChI=1S/C37H22O3S/c38-41(39,23-10-2-1-3-11-23)24-18-21-34-29(22-24)27-19-20-33-35(36(27)40-34)28-14-6-9-17-32(28)37(33)30-15-7-4-12-25(30)26-13-5-8-16-31(26)37/h1-22H. The Morgan fingerprint density at radius 2 is 1.07 bits per heavy atom. The van der Waals surface area contributed by atoms with Crippen LogP contribution in [0.5, 0.6) is 0 Å². The van der Waals surface area contributed by atoms with Gasteiger partial charge in [-0.05, 0) is 69.3 Å². The predicted molar refractivity (Wildman–Crippen MR) is 162 cm³/mol. The predicted octanol–water partition coefficient (Wildman–Crippen LogP) is 8.76. The van der Waals surface area contributed by atoms with E-state index in [1.807, 2.05) is 6.07 Å². The molecule has 0 saturated heterocycles. The van der Waals surface area contributed by atoms with Crippen LogP contribution in [0.4, 0.5) is 0 Å². The molecule has 1 aromatic heterocycles. The van der Waals surface area contributed by atoms with Gasteiger partial charge in [0, 0.05) is 16.3 Å². The molecule has 0 saturated carbocycles. The van der Waals surface area contributed by atoms with Crippen LogP contribution in [0.25, 0.3) is 44.2 Å². The molecule has 0 bridgehead atoms. The van der Waals surface area contributed by atoms with Gasteiger partial charge in [-0.2, -0.15) is 0 Å². The van der Waals surface area contributed by atoms with E-state index >= 15 is 0 Å². The number of sulfone groups is 1. The molecule has 7 aromatic rings. The van der Waals surface area contributed by atoms with Crippen molar-refractivity contribution in [2.75, 3.05) is 0 Å². The van der Waals surface area contributed by atoms with Crippen LogP contribution in [0.1, 0.15) is 22.3 Å². The van der Waals surface area contributed by atoms with Crippen molar-refractivity contribution in [2.24, 2.45) is 0 Å². The van der Waals surface area contributed by atoms with Crippen LogP contribution in [0, 0.1) is 0 Å². The van der Waals surface area contributed by atoms with Crippen molar-refractivity contribution in [1.82, 2.24) is 0 Å². The Balaban J connectivity index is 1.36. The molecule has 4 heteroatoms.